The lowest BCUT2D eigenvalue weighted by Gasteiger charge is -2.74. The van der Waals surface area contributed by atoms with Crippen molar-refractivity contribution in [2.24, 2.45) is 7.05 Å². The fraction of sp³-hybridized carbons (Fsp3) is 0.517. The maximum absolute atomic E-state index is 13.7. The lowest BCUT2D eigenvalue weighted by Crippen LogP contribution is -2.77. The van der Waals surface area contributed by atoms with E-state index in [0.29, 0.717) is 17.6 Å². The Morgan fingerprint density at radius 1 is 1.16 bits per heavy atom. The summed E-state index contributed by atoms with van der Waals surface area (Å²) >= 11 is 0. The molecule has 2 aromatic heterocycles. The molecule has 3 fully saturated rings. The minimum atomic E-state index is -4.59. The highest BCUT2D eigenvalue weighted by Gasteiger charge is 2.71. The zero-order valence-electron chi connectivity index (χ0n) is 22.5. The fourth-order valence-electron chi connectivity index (χ4n) is 6.95. The van der Waals surface area contributed by atoms with Crippen molar-refractivity contribution in [3.63, 3.8) is 0 Å². The Morgan fingerprint density at radius 2 is 1.84 bits per heavy atom. The van der Waals surface area contributed by atoms with Crippen LogP contribution in [0.3, 0.4) is 0 Å². The van der Waals surface area contributed by atoms with Gasteiger partial charge in [-0.3, -0.25) is 9.69 Å². The fourth-order valence-corrected chi connectivity index (χ4v) is 6.95. The van der Waals surface area contributed by atoms with Gasteiger partial charge in [-0.25, -0.2) is 4.98 Å². The average Bonchev–Trinajstić information content (AvgIpc) is 2.80. The number of hydrogen-bond donors (Lipinski definition) is 2. The molecule has 204 valence electrons. The van der Waals surface area contributed by atoms with Crippen LogP contribution in [-0.2, 0) is 18.6 Å². The number of anilines is 1. The van der Waals surface area contributed by atoms with Gasteiger partial charge in [-0.15, -0.1) is 0 Å². The summed E-state index contributed by atoms with van der Waals surface area (Å²) < 4.78 is 42.9. The third-order valence-corrected chi connectivity index (χ3v) is 8.64. The molecule has 1 atom stereocenters. The highest BCUT2D eigenvalue weighted by Crippen LogP contribution is 2.70. The number of rotatable bonds is 8. The number of aliphatic hydroxyl groups is 1. The number of aromatic nitrogens is 2. The molecule has 2 bridgehead atoms. The first kappa shape index (κ1) is 26.7. The SMILES string of the molecule is CCN(CCO)C12CC(c3cc4c([C@@H](C)Nc5ccc(C)nc5C(F)(F)F)cc(C)cc4c(=O)n3C)(C1)C2. The van der Waals surface area contributed by atoms with Gasteiger partial charge in [0.25, 0.3) is 5.56 Å². The second kappa shape index (κ2) is 9.09. The minimum absolute atomic E-state index is 0.0832. The summed E-state index contributed by atoms with van der Waals surface area (Å²) in [7, 11) is 1.81. The lowest BCUT2D eigenvalue weighted by molar-refractivity contribution is -0.174. The van der Waals surface area contributed by atoms with E-state index < -0.39 is 17.9 Å². The summed E-state index contributed by atoms with van der Waals surface area (Å²) in [6, 6.07) is 8.35. The van der Waals surface area contributed by atoms with Crippen LogP contribution in [0.1, 0.15) is 67.4 Å². The highest BCUT2D eigenvalue weighted by molar-refractivity contribution is 5.87. The van der Waals surface area contributed by atoms with Gasteiger partial charge >= 0.3 is 6.18 Å². The first-order valence-corrected chi connectivity index (χ1v) is 13.2. The molecule has 0 amide bonds. The number of nitrogens with zero attached hydrogens (tertiary/aromatic N) is 3. The molecule has 3 aliphatic carbocycles. The van der Waals surface area contributed by atoms with E-state index in [1.807, 2.05) is 33.0 Å². The largest absolute Gasteiger partial charge is 0.435 e. The van der Waals surface area contributed by atoms with Crippen molar-refractivity contribution < 1.29 is 18.3 Å². The predicted molar refractivity (Wildman–Crippen MR) is 143 cm³/mol. The second-order valence-corrected chi connectivity index (χ2v) is 11.3. The van der Waals surface area contributed by atoms with Gasteiger partial charge in [0, 0.05) is 47.4 Å². The molecular formula is C29H35F3N4O2. The van der Waals surface area contributed by atoms with Gasteiger partial charge < -0.3 is 15.0 Å². The molecule has 3 aromatic rings. The van der Waals surface area contributed by atoms with E-state index in [1.165, 1.54) is 13.0 Å². The monoisotopic (exact) mass is 528 g/mol. The maximum atomic E-state index is 13.7. The zero-order chi connectivity index (χ0) is 27.6. The number of fused-ring (bicyclic) bond motifs is 1. The molecule has 0 radical (unpaired) electrons. The quantitative estimate of drug-likeness (QED) is 0.419. The Bertz CT molecular complexity index is 1440. The van der Waals surface area contributed by atoms with Crippen molar-refractivity contribution in [2.45, 2.75) is 70.1 Å². The number of benzene rings is 1. The van der Waals surface area contributed by atoms with Crippen molar-refractivity contribution in [3.05, 3.63) is 68.9 Å². The van der Waals surface area contributed by atoms with Crippen molar-refractivity contribution in [3.8, 4) is 0 Å². The topological polar surface area (TPSA) is 70.4 Å². The van der Waals surface area contributed by atoms with Crippen molar-refractivity contribution >= 4 is 16.5 Å². The van der Waals surface area contributed by atoms with E-state index in [0.717, 1.165) is 48.0 Å². The molecule has 2 heterocycles. The number of halogens is 3. The zero-order valence-corrected chi connectivity index (χ0v) is 22.5. The summed E-state index contributed by atoms with van der Waals surface area (Å²) in [5.74, 6) is 0. The number of likely N-dealkylation sites (N-methyl/N-ethyl adjacent to an activating group) is 1. The van der Waals surface area contributed by atoms with Crippen LogP contribution in [0.2, 0.25) is 0 Å². The summed E-state index contributed by atoms with van der Waals surface area (Å²) in [4.78, 5) is 19.7. The van der Waals surface area contributed by atoms with Crippen molar-refractivity contribution in [1.82, 2.24) is 14.5 Å². The van der Waals surface area contributed by atoms with Crippen LogP contribution in [-0.4, -0.2) is 44.8 Å². The van der Waals surface area contributed by atoms with Crippen LogP contribution >= 0.6 is 0 Å². The number of aryl methyl sites for hydroxylation is 2. The molecule has 0 unspecified atom stereocenters. The molecule has 1 aromatic carbocycles. The van der Waals surface area contributed by atoms with Crippen molar-refractivity contribution in [1.29, 1.82) is 0 Å². The number of β-amino-alcohol motifs (C(OH)–C–C–N with tert-alkyl or cyclic N) is 1. The molecule has 3 aliphatic rings. The van der Waals surface area contributed by atoms with Gasteiger partial charge in [0.15, 0.2) is 5.69 Å². The summed E-state index contributed by atoms with van der Waals surface area (Å²) in [6.07, 6.45) is -1.78. The van der Waals surface area contributed by atoms with Crippen LogP contribution in [0.15, 0.2) is 35.1 Å². The van der Waals surface area contributed by atoms with E-state index in [4.69, 9.17) is 0 Å². The molecule has 0 spiro atoms. The van der Waals surface area contributed by atoms with Crippen LogP contribution in [0.4, 0.5) is 18.9 Å². The minimum Gasteiger partial charge on any atom is -0.395 e. The molecule has 2 N–H and O–H groups in total. The molecule has 38 heavy (non-hydrogen) atoms. The predicted octanol–water partition coefficient (Wildman–Crippen LogP) is 5.23. The summed E-state index contributed by atoms with van der Waals surface area (Å²) in [5, 5.41) is 13.8. The third kappa shape index (κ3) is 4.11. The molecular weight excluding hydrogens is 493 g/mol. The van der Waals surface area contributed by atoms with E-state index in [9.17, 15) is 23.1 Å². The van der Waals surface area contributed by atoms with Gasteiger partial charge in [0.1, 0.15) is 0 Å². The first-order chi connectivity index (χ1) is 17.8. The van der Waals surface area contributed by atoms with E-state index in [1.54, 1.807) is 10.6 Å². The van der Waals surface area contributed by atoms with Gasteiger partial charge in [-0.2, -0.15) is 13.2 Å². The van der Waals surface area contributed by atoms with E-state index >= 15 is 0 Å². The van der Waals surface area contributed by atoms with Crippen molar-refractivity contribution in [2.75, 3.05) is 25.0 Å². The third-order valence-electron chi connectivity index (χ3n) is 8.64. The molecule has 3 saturated carbocycles. The van der Waals surface area contributed by atoms with Crippen LogP contribution in [0.5, 0.6) is 0 Å². The van der Waals surface area contributed by atoms with Crippen LogP contribution in [0, 0.1) is 13.8 Å². The standard InChI is InChI=1S/C29H35F3N4O2/c1-6-36(9-10-37)28-14-27(15-28,16-28)24-13-21-20(11-17(2)12-22(21)26(38)35(24)5)19(4)34-23-8-7-18(3)33-25(23)29(30,31)32/h7-8,11-13,19,34,37H,6,9-10,14-16H2,1-5H3/t19-,27?,28?/m1/s1. The smallest absolute Gasteiger partial charge is 0.395 e. The van der Waals surface area contributed by atoms with Gasteiger partial charge in [-0.1, -0.05) is 13.0 Å². The number of nitrogens with one attached hydrogen (secondary N) is 1. The number of pyridine rings is 2. The second-order valence-electron chi connectivity index (χ2n) is 11.3. The Morgan fingerprint density at radius 3 is 2.45 bits per heavy atom. The Kier molecular flexibility index (Phi) is 6.38. The van der Waals surface area contributed by atoms with Crippen LogP contribution < -0.4 is 10.9 Å². The summed E-state index contributed by atoms with van der Waals surface area (Å²) in [5.41, 5.74) is 1.79. The molecule has 6 nitrogen and oxygen atoms in total. The Hall–Kier alpha value is -2.91. The van der Waals surface area contributed by atoms with Gasteiger partial charge in [0.05, 0.1) is 12.3 Å². The van der Waals surface area contributed by atoms with E-state index in [2.05, 4.69) is 28.2 Å². The molecule has 0 saturated heterocycles. The number of hydrogen-bond acceptors (Lipinski definition) is 5. The highest BCUT2D eigenvalue weighted by atomic mass is 19.4. The Labute approximate surface area is 220 Å². The number of alkyl halides is 3. The maximum Gasteiger partial charge on any atom is 0.435 e. The van der Waals surface area contributed by atoms with Gasteiger partial charge in [-0.05, 0) is 87.4 Å². The van der Waals surface area contributed by atoms with Crippen LogP contribution in [0.25, 0.3) is 10.8 Å². The Balaban J connectivity index is 1.54. The molecule has 6 rings (SSSR count). The van der Waals surface area contributed by atoms with E-state index in [-0.39, 0.29) is 28.8 Å². The number of aliphatic hydroxyl groups excluding tert-OH is 1. The first-order valence-electron chi connectivity index (χ1n) is 13.2. The van der Waals surface area contributed by atoms with Gasteiger partial charge in [0.2, 0.25) is 0 Å². The average molecular weight is 529 g/mol. The molecule has 9 heteroatoms. The normalized spacial score (nSPS) is 23.3. The molecule has 0 aliphatic heterocycles. The lowest BCUT2D eigenvalue weighted by atomic mass is 9.37. The summed E-state index contributed by atoms with van der Waals surface area (Å²) in [6.45, 7) is 8.98.